The fourth-order valence-electron chi connectivity index (χ4n) is 2.59. The monoisotopic (exact) mass is 350 g/mol. The predicted molar refractivity (Wildman–Crippen MR) is 89.3 cm³/mol. The van der Waals surface area contributed by atoms with E-state index in [1.807, 2.05) is 0 Å². The summed E-state index contributed by atoms with van der Waals surface area (Å²) in [6.07, 6.45) is 1.05. The number of non-ortho nitro benzene ring substituents is 1. The Bertz CT molecular complexity index is 650. The molecular weight excluding hydrogens is 328 g/mol. The Balaban J connectivity index is 1.83. The van der Waals surface area contributed by atoms with Crippen LogP contribution in [0.1, 0.15) is 50.4 Å². The van der Waals surface area contributed by atoms with Crippen LogP contribution < -0.4 is 5.32 Å². The number of amides is 1. The van der Waals surface area contributed by atoms with Gasteiger partial charge in [0.25, 0.3) is 5.69 Å². The Morgan fingerprint density at radius 2 is 1.84 bits per heavy atom. The largest absolute Gasteiger partial charge is 0.459 e. The van der Waals surface area contributed by atoms with E-state index in [-0.39, 0.29) is 23.4 Å². The molecule has 25 heavy (non-hydrogen) atoms. The first-order valence-electron chi connectivity index (χ1n) is 8.09. The number of carbonyl (C=O) groups excluding carboxylic acids is 2. The molecule has 1 saturated carbocycles. The maximum atomic E-state index is 12.1. The summed E-state index contributed by atoms with van der Waals surface area (Å²) in [5, 5.41) is 13.4. The van der Waals surface area contributed by atoms with E-state index in [0.717, 1.165) is 0 Å². The second-order valence-electron chi connectivity index (χ2n) is 6.99. The summed E-state index contributed by atoms with van der Waals surface area (Å²) in [6, 6.07) is 5.15. The zero-order chi connectivity index (χ0) is 18.6. The van der Waals surface area contributed by atoms with Crippen LogP contribution in [0.3, 0.4) is 0 Å². The molecule has 1 fully saturated rings. The number of esters is 1. The Morgan fingerprint density at radius 3 is 2.40 bits per heavy atom. The Labute approximate surface area is 145 Å². The lowest BCUT2D eigenvalue weighted by atomic mass is 10.2. The van der Waals surface area contributed by atoms with Crippen LogP contribution in [0.2, 0.25) is 0 Å². The zero-order valence-corrected chi connectivity index (χ0v) is 14.5. The van der Waals surface area contributed by atoms with Gasteiger partial charge in [0.1, 0.15) is 11.7 Å². The normalized spacial score (nSPS) is 20.0. The Hall–Kier alpha value is -2.64. The molecule has 0 spiro atoms. The van der Waals surface area contributed by atoms with Crippen molar-refractivity contribution in [2.24, 2.45) is 0 Å². The molecule has 0 aromatic heterocycles. The van der Waals surface area contributed by atoms with E-state index in [4.69, 9.17) is 9.47 Å². The van der Waals surface area contributed by atoms with Crippen molar-refractivity contribution in [3.63, 3.8) is 0 Å². The van der Waals surface area contributed by atoms with E-state index in [0.29, 0.717) is 19.3 Å². The van der Waals surface area contributed by atoms with Crippen LogP contribution in [0.15, 0.2) is 24.3 Å². The molecule has 2 rings (SSSR count). The fraction of sp³-hybridized carbons (Fsp3) is 0.529. The van der Waals surface area contributed by atoms with Gasteiger partial charge in [-0.15, -0.1) is 0 Å². The van der Waals surface area contributed by atoms with Crippen LogP contribution in [-0.2, 0) is 9.47 Å². The van der Waals surface area contributed by atoms with Crippen LogP contribution in [0, 0.1) is 10.1 Å². The van der Waals surface area contributed by atoms with Crippen molar-refractivity contribution in [1.82, 2.24) is 5.32 Å². The lowest BCUT2D eigenvalue weighted by Crippen LogP contribution is -2.38. The summed E-state index contributed by atoms with van der Waals surface area (Å²) in [7, 11) is 0. The highest BCUT2D eigenvalue weighted by atomic mass is 16.6. The summed E-state index contributed by atoms with van der Waals surface area (Å²) in [5.41, 5.74) is -0.391. The van der Waals surface area contributed by atoms with Gasteiger partial charge < -0.3 is 14.8 Å². The molecule has 1 amide bonds. The van der Waals surface area contributed by atoms with Crippen LogP contribution in [0.25, 0.3) is 0 Å². The molecule has 1 aromatic carbocycles. The van der Waals surface area contributed by atoms with Crippen molar-refractivity contribution in [1.29, 1.82) is 0 Å². The molecule has 2 atom stereocenters. The molecule has 0 radical (unpaired) electrons. The van der Waals surface area contributed by atoms with Crippen molar-refractivity contribution in [3.8, 4) is 0 Å². The van der Waals surface area contributed by atoms with Gasteiger partial charge in [-0.3, -0.25) is 10.1 Å². The van der Waals surface area contributed by atoms with Gasteiger partial charge in [-0.1, -0.05) is 0 Å². The highest BCUT2D eigenvalue weighted by Gasteiger charge is 2.30. The minimum Gasteiger partial charge on any atom is -0.459 e. The van der Waals surface area contributed by atoms with E-state index < -0.39 is 22.6 Å². The second-order valence-corrected chi connectivity index (χ2v) is 6.99. The van der Waals surface area contributed by atoms with Gasteiger partial charge >= 0.3 is 12.1 Å². The number of nitrogens with zero attached hydrogens (tertiary/aromatic N) is 1. The van der Waals surface area contributed by atoms with Crippen LogP contribution in [-0.4, -0.2) is 34.7 Å². The number of nitrogens with one attached hydrogen (secondary N) is 1. The second kappa shape index (κ2) is 7.50. The molecule has 8 nitrogen and oxygen atoms in total. The molecule has 136 valence electrons. The molecule has 1 aromatic rings. The van der Waals surface area contributed by atoms with E-state index in [9.17, 15) is 19.7 Å². The number of hydrogen-bond acceptors (Lipinski definition) is 6. The molecule has 0 heterocycles. The van der Waals surface area contributed by atoms with Crippen molar-refractivity contribution in [2.75, 3.05) is 0 Å². The van der Waals surface area contributed by atoms with E-state index in [2.05, 4.69) is 5.32 Å². The number of hydrogen-bond donors (Lipinski definition) is 1. The van der Waals surface area contributed by atoms with Crippen molar-refractivity contribution in [3.05, 3.63) is 39.9 Å². The van der Waals surface area contributed by atoms with Crippen LogP contribution in [0.5, 0.6) is 0 Å². The summed E-state index contributed by atoms with van der Waals surface area (Å²) >= 11 is 0. The number of rotatable bonds is 4. The molecule has 0 bridgehead atoms. The predicted octanol–water partition coefficient (Wildman–Crippen LogP) is 3.20. The van der Waals surface area contributed by atoms with Crippen LogP contribution >= 0.6 is 0 Å². The molecule has 1 aliphatic rings. The third-order valence-electron chi connectivity index (χ3n) is 3.69. The zero-order valence-electron chi connectivity index (χ0n) is 14.5. The first kappa shape index (κ1) is 18.7. The molecule has 2 unspecified atom stereocenters. The quantitative estimate of drug-likeness (QED) is 0.507. The number of nitro benzene ring substituents is 1. The highest BCUT2D eigenvalue weighted by Crippen LogP contribution is 2.24. The SMILES string of the molecule is CC(C)(C)OC(=O)NC1CCC(OC(=O)c2ccc([N+](=O)[O-])cc2)C1. The van der Waals surface area contributed by atoms with Crippen molar-refractivity contribution < 1.29 is 24.0 Å². The average molecular weight is 350 g/mol. The van der Waals surface area contributed by atoms with Crippen molar-refractivity contribution in [2.45, 2.75) is 57.8 Å². The van der Waals surface area contributed by atoms with Gasteiger partial charge in [0, 0.05) is 24.6 Å². The summed E-state index contributed by atoms with van der Waals surface area (Å²) in [4.78, 5) is 33.9. The molecule has 1 N–H and O–H groups in total. The van der Waals surface area contributed by atoms with Gasteiger partial charge in [0.05, 0.1) is 10.5 Å². The maximum Gasteiger partial charge on any atom is 0.407 e. The highest BCUT2D eigenvalue weighted by molar-refractivity contribution is 5.89. The number of alkyl carbamates (subject to hydrolysis) is 1. The lowest BCUT2D eigenvalue weighted by Gasteiger charge is -2.21. The molecule has 1 aliphatic carbocycles. The standard InChI is InChI=1S/C17H22N2O6/c1-17(2,3)25-16(21)18-12-6-9-14(10-12)24-15(20)11-4-7-13(8-5-11)19(22)23/h4-5,7-8,12,14H,6,9-10H2,1-3H3,(H,18,21). The molecule has 8 heteroatoms. The maximum absolute atomic E-state index is 12.1. The Morgan fingerprint density at radius 1 is 1.20 bits per heavy atom. The van der Waals surface area contributed by atoms with Gasteiger partial charge in [-0.05, 0) is 45.7 Å². The van der Waals surface area contributed by atoms with E-state index in [1.165, 1.54) is 24.3 Å². The lowest BCUT2D eigenvalue weighted by molar-refractivity contribution is -0.384. The first-order valence-corrected chi connectivity index (χ1v) is 8.09. The number of carbonyl (C=O) groups is 2. The van der Waals surface area contributed by atoms with Gasteiger partial charge in [0.2, 0.25) is 0 Å². The van der Waals surface area contributed by atoms with Gasteiger partial charge in [0.15, 0.2) is 0 Å². The Kier molecular flexibility index (Phi) is 5.61. The van der Waals surface area contributed by atoms with Crippen LogP contribution in [0.4, 0.5) is 10.5 Å². The fourth-order valence-corrected chi connectivity index (χ4v) is 2.59. The van der Waals surface area contributed by atoms with Gasteiger partial charge in [-0.2, -0.15) is 0 Å². The number of ether oxygens (including phenoxy) is 2. The number of nitro groups is 1. The molecule has 0 aliphatic heterocycles. The third kappa shape index (κ3) is 5.74. The third-order valence-corrected chi connectivity index (χ3v) is 3.69. The minimum absolute atomic E-state index is 0.0842. The van der Waals surface area contributed by atoms with Crippen molar-refractivity contribution >= 4 is 17.7 Å². The van der Waals surface area contributed by atoms with Gasteiger partial charge in [-0.25, -0.2) is 9.59 Å². The first-order chi connectivity index (χ1) is 11.6. The van der Waals surface area contributed by atoms with E-state index in [1.54, 1.807) is 20.8 Å². The average Bonchev–Trinajstić information content (AvgIpc) is 2.92. The minimum atomic E-state index is -0.565. The molecular formula is C17H22N2O6. The smallest absolute Gasteiger partial charge is 0.407 e. The molecule has 0 saturated heterocycles. The topological polar surface area (TPSA) is 108 Å². The summed E-state index contributed by atoms with van der Waals surface area (Å²) < 4.78 is 10.6. The number of benzene rings is 1. The van der Waals surface area contributed by atoms with E-state index >= 15 is 0 Å². The summed E-state index contributed by atoms with van der Waals surface area (Å²) in [6.45, 7) is 5.36. The summed E-state index contributed by atoms with van der Waals surface area (Å²) in [5.74, 6) is -0.530.